The van der Waals surface area contributed by atoms with E-state index in [9.17, 15) is 4.79 Å². The van der Waals surface area contributed by atoms with Crippen LogP contribution in [-0.4, -0.2) is 31.4 Å². The number of nitrogens with one attached hydrogen (secondary N) is 1. The normalized spacial score (nSPS) is 12.0. The van der Waals surface area contributed by atoms with E-state index in [4.69, 9.17) is 16.3 Å². The summed E-state index contributed by atoms with van der Waals surface area (Å²) in [7, 11) is 1.84. The molecule has 2 heterocycles. The van der Waals surface area contributed by atoms with Crippen LogP contribution >= 0.6 is 34.7 Å². The smallest absolute Gasteiger partial charge is 0.236 e. The standard InChI is InChI=1S/C17H18ClN5O2S2/c1-10-8-26-16(19-10)20-14(24)9-27-17-22-21-15(23(17)3)11(2)25-13-7-5-4-6-12(13)18/h4-8,11H,9H2,1-3H3,(H,19,20,24). The number of amides is 1. The van der Waals surface area contributed by atoms with E-state index in [1.807, 2.05) is 43.0 Å². The lowest BCUT2D eigenvalue weighted by Gasteiger charge is -2.15. The molecule has 0 fully saturated rings. The molecule has 1 atom stereocenters. The zero-order chi connectivity index (χ0) is 19.4. The summed E-state index contributed by atoms with van der Waals surface area (Å²) in [5.41, 5.74) is 0.883. The van der Waals surface area contributed by atoms with E-state index in [0.29, 0.717) is 26.9 Å². The van der Waals surface area contributed by atoms with Crippen molar-refractivity contribution in [1.29, 1.82) is 0 Å². The highest BCUT2D eigenvalue weighted by atomic mass is 35.5. The molecule has 0 bridgehead atoms. The van der Waals surface area contributed by atoms with Crippen LogP contribution in [0.2, 0.25) is 5.02 Å². The Bertz CT molecular complexity index is 943. The minimum absolute atomic E-state index is 0.140. The molecular weight excluding hydrogens is 406 g/mol. The van der Waals surface area contributed by atoms with Gasteiger partial charge in [-0.1, -0.05) is 35.5 Å². The Morgan fingerprint density at radius 1 is 1.41 bits per heavy atom. The highest BCUT2D eigenvalue weighted by Gasteiger charge is 2.19. The zero-order valence-corrected chi connectivity index (χ0v) is 17.4. The Labute approximate surface area is 170 Å². The molecule has 142 valence electrons. The fourth-order valence-electron chi connectivity index (χ4n) is 2.29. The third kappa shape index (κ3) is 5.00. The topological polar surface area (TPSA) is 81.9 Å². The SMILES string of the molecule is Cc1csc(NC(=O)CSc2nnc(C(C)Oc3ccccc3Cl)n2C)n1. The fraction of sp³-hybridized carbons (Fsp3) is 0.294. The largest absolute Gasteiger partial charge is 0.481 e. The average Bonchev–Trinajstić information content (AvgIpc) is 3.20. The number of carbonyl (C=O) groups excluding carboxylic acids is 1. The minimum atomic E-state index is -0.344. The van der Waals surface area contributed by atoms with Gasteiger partial charge in [0.1, 0.15) is 5.75 Å². The van der Waals surface area contributed by atoms with Gasteiger partial charge < -0.3 is 14.6 Å². The van der Waals surface area contributed by atoms with Crippen LogP contribution < -0.4 is 10.1 Å². The number of benzene rings is 1. The summed E-state index contributed by atoms with van der Waals surface area (Å²) >= 11 is 8.83. The van der Waals surface area contributed by atoms with Crippen molar-refractivity contribution in [1.82, 2.24) is 19.7 Å². The zero-order valence-electron chi connectivity index (χ0n) is 15.0. The number of hydrogen-bond acceptors (Lipinski definition) is 7. The van der Waals surface area contributed by atoms with Gasteiger partial charge in [0.15, 0.2) is 22.2 Å². The van der Waals surface area contributed by atoms with E-state index in [2.05, 4.69) is 20.5 Å². The first-order valence-corrected chi connectivity index (χ1v) is 10.3. The van der Waals surface area contributed by atoms with Gasteiger partial charge in [0, 0.05) is 12.4 Å². The molecule has 0 saturated heterocycles. The summed E-state index contributed by atoms with van der Waals surface area (Å²) in [4.78, 5) is 16.3. The molecule has 0 aliphatic rings. The average molecular weight is 424 g/mol. The number of ether oxygens (including phenoxy) is 1. The highest BCUT2D eigenvalue weighted by molar-refractivity contribution is 7.99. The van der Waals surface area contributed by atoms with Crippen LogP contribution in [0, 0.1) is 6.92 Å². The molecular formula is C17H18ClN5O2S2. The second-order valence-corrected chi connectivity index (χ2v) is 7.93. The number of halogens is 1. The predicted molar refractivity (Wildman–Crippen MR) is 108 cm³/mol. The van der Waals surface area contributed by atoms with Crippen molar-refractivity contribution in [2.24, 2.45) is 7.05 Å². The molecule has 3 aromatic rings. The molecule has 0 radical (unpaired) electrons. The van der Waals surface area contributed by atoms with Crippen molar-refractivity contribution < 1.29 is 9.53 Å². The molecule has 1 unspecified atom stereocenters. The van der Waals surface area contributed by atoms with Gasteiger partial charge in [-0.2, -0.15) is 0 Å². The molecule has 0 aliphatic carbocycles. The first-order chi connectivity index (χ1) is 12.9. The van der Waals surface area contributed by atoms with Gasteiger partial charge in [0.25, 0.3) is 0 Å². The maximum atomic E-state index is 12.1. The first-order valence-electron chi connectivity index (χ1n) is 8.09. The molecule has 2 aromatic heterocycles. The Morgan fingerprint density at radius 2 is 2.19 bits per heavy atom. The summed E-state index contributed by atoms with van der Waals surface area (Å²) in [5, 5.41) is 14.8. The summed E-state index contributed by atoms with van der Waals surface area (Å²) in [6, 6.07) is 7.27. The lowest BCUT2D eigenvalue weighted by Crippen LogP contribution is -2.14. The third-order valence-corrected chi connectivity index (χ3v) is 5.78. The van der Waals surface area contributed by atoms with E-state index in [-0.39, 0.29) is 17.8 Å². The van der Waals surface area contributed by atoms with Gasteiger partial charge in [-0.15, -0.1) is 21.5 Å². The molecule has 1 aromatic carbocycles. The summed E-state index contributed by atoms with van der Waals surface area (Å²) in [6.07, 6.45) is -0.344. The van der Waals surface area contributed by atoms with Crippen molar-refractivity contribution in [3.05, 3.63) is 46.2 Å². The van der Waals surface area contributed by atoms with E-state index in [1.54, 1.807) is 12.1 Å². The van der Waals surface area contributed by atoms with Gasteiger partial charge in [-0.25, -0.2) is 4.98 Å². The molecule has 27 heavy (non-hydrogen) atoms. The number of nitrogens with zero attached hydrogens (tertiary/aromatic N) is 4. The van der Waals surface area contributed by atoms with Crippen molar-refractivity contribution in [3.63, 3.8) is 0 Å². The Kier molecular flexibility index (Phi) is 6.35. The highest BCUT2D eigenvalue weighted by Crippen LogP contribution is 2.29. The van der Waals surface area contributed by atoms with Crippen LogP contribution in [0.25, 0.3) is 0 Å². The van der Waals surface area contributed by atoms with Crippen molar-refractivity contribution in [2.75, 3.05) is 11.1 Å². The third-order valence-electron chi connectivity index (χ3n) is 3.57. The van der Waals surface area contributed by atoms with Crippen molar-refractivity contribution in [2.45, 2.75) is 25.1 Å². The van der Waals surface area contributed by atoms with Crippen LogP contribution in [0.5, 0.6) is 5.75 Å². The van der Waals surface area contributed by atoms with E-state index < -0.39 is 0 Å². The number of thiazole rings is 1. The molecule has 0 saturated carbocycles. The number of aryl methyl sites for hydroxylation is 1. The summed E-state index contributed by atoms with van der Waals surface area (Å²) < 4.78 is 7.69. The number of carbonyl (C=O) groups is 1. The maximum absolute atomic E-state index is 12.1. The molecule has 0 aliphatic heterocycles. The second kappa shape index (κ2) is 8.73. The molecule has 3 rings (SSSR count). The Balaban J connectivity index is 1.59. The number of anilines is 1. The van der Waals surface area contributed by atoms with Crippen LogP contribution in [0.15, 0.2) is 34.8 Å². The molecule has 1 N–H and O–H groups in total. The second-order valence-electron chi connectivity index (χ2n) is 5.72. The van der Waals surface area contributed by atoms with Crippen LogP contribution in [0.3, 0.4) is 0 Å². The van der Waals surface area contributed by atoms with Gasteiger partial charge in [-0.05, 0) is 26.0 Å². The van der Waals surface area contributed by atoms with E-state index in [1.165, 1.54) is 23.1 Å². The van der Waals surface area contributed by atoms with Crippen molar-refractivity contribution >= 4 is 45.7 Å². The van der Waals surface area contributed by atoms with E-state index in [0.717, 1.165) is 5.69 Å². The summed E-state index contributed by atoms with van der Waals surface area (Å²) in [5.74, 6) is 1.30. The first kappa shape index (κ1) is 19.7. The maximum Gasteiger partial charge on any atom is 0.236 e. The molecule has 0 spiro atoms. The number of aromatic nitrogens is 4. The number of rotatable bonds is 7. The minimum Gasteiger partial charge on any atom is -0.481 e. The van der Waals surface area contributed by atoms with E-state index >= 15 is 0 Å². The quantitative estimate of drug-likeness (QED) is 0.576. The fourth-order valence-corrected chi connectivity index (χ4v) is 3.89. The predicted octanol–water partition coefficient (Wildman–Crippen LogP) is 4.10. The van der Waals surface area contributed by atoms with Crippen LogP contribution in [0.1, 0.15) is 24.5 Å². The Hall–Kier alpha value is -2.10. The lowest BCUT2D eigenvalue weighted by molar-refractivity contribution is -0.113. The van der Waals surface area contributed by atoms with Crippen LogP contribution in [-0.2, 0) is 11.8 Å². The van der Waals surface area contributed by atoms with Gasteiger partial charge in [0.2, 0.25) is 5.91 Å². The Morgan fingerprint density at radius 3 is 2.89 bits per heavy atom. The number of thioether (sulfide) groups is 1. The number of hydrogen-bond donors (Lipinski definition) is 1. The lowest BCUT2D eigenvalue weighted by atomic mass is 10.3. The molecule has 7 nitrogen and oxygen atoms in total. The number of para-hydroxylation sites is 1. The van der Waals surface area contributed by atoms with Gasteiger partial charge >= 0.3 is 0 Å². The van der Waals surface area contributed by atoms with Gasteiger partial charge in [-0.3, -0.25) is 4.79 Å². The van der Waals surface area contributed by atoms with Crippen molar-refractivity contribution in [3.8, 4) is 5.75 Å². The van der Waals surface area contributed by atoms with Gasteiger partial charge in [0.05, 0.1) is 16.5 Å². The van der Waals surface area contributed by atoms with Crippen LogP contribution in [0.4, 0.5) is 5.13 Å². The molecule has 1 amide bonds. The summed E-state index contributed by atoms with van der Waals surface area (Å²) in [6.45, 7) is 3.76. The molecule has 10 heteroatoms. The monoisotopic (exact) mass is 423 g/mol.